The SMILES string of the molecule is CSC(C)CNC(=O)NC(C)(C(=O)O)C(F)(F)F. The van der Waals surface area contributed by atoms with Gasteiger partial charge in [0.05, 0.1) is 0 Å². The molecule has 0 aliphatic rings. The second-order valence-corrected chi connectivity index (χ2v) is 5.09. The van der Waals surface area contributed by atoms with Crippen molar-refractivity contribution in [2.45, 2.75) is 30.8 Å². The Bertz CT molecular complexity index is 325. The van der Waals surface area contributed by atoms with E-state index in [9.17, 15) is 22.8 Å². The van der Waals surface area contributed by atoms with Crippen LogP contribution in [0.25, 0.3) is 0 Å². The van der Waals surface area contributed by atoms with Crippen LogP contribution in [0.4, 0.5) is 18.0 Å². The molecular formula is C9H15F3N2O3S. The monoisotopic (exact) mass is 288 g/mol. The van der Waals surface area contributed by atoms with Gasteiger partial charge >= 0.3 is 18.2 Å². The van der Waals surface area contributed by atoms with Gasteiger partial charge in [-0.15, -0.1) is 0 Å². The van der Waals surface area contributed by atoms with E-state index in [-0.39, 0.29) is 11.8 Å². The lowest BCUT2D eigenvalue weighted by molar-refractivity contribution is -0.203. The zero-order valence-corrected chi connectivity index (χ0v) is 10.9. The summed E-state index contributed by atoms with van der Waals surface area (Å²) in [5, 5.41) is 12.2. The van der Waals surface area contributed by atoms with Crippen molar-refractivity contribution in [3.63, 3.8) is 0 Å². The number of alkyl halides is 3. The maximum Gasteiger partial charge on any atom is 0.422 e. The Labute approximate surface area is 106 Å². The third-order valence-corrected chi connectivity index (χ3v) is 3.28. The fourth-order valence-corrected chi connectivity index (χ4v) is 1.09. The summed E-state index contributed by atoms with van der Waals surface area (Å²) in [5.74, 6) is -2.16. The Morgan fingerprint density at radius 2 is 1.89 bits per heavy atom. The van der Waals surface area contributed by atoms with E-state index in [0.29, 0.717) is 6.92 Å². The highest BCUT2D eigenvalue weighted by atomic mass is 32.2. The minimum absolute atomic E-state index is 0.0118. The summed E-state index contributed by atoms with van der Waals surface area (Å²) < 4.78 is 37.7. The first-order valence-corrected chi connectivity index (χ1v) is 6.22. The molecule has 2 amide bonds. The lowest BCUT2D eigenvalue weighted by Gasteiger charge is -2.28. The van der Waals surface area contributed by atoms with Gasteiger partial charge in [-0.1, -0.05) is 6.92 Å². The normalized spacial score (nSPS) is 16.6. The average Bonchev–Trinajstić information content (AvgIpc) is 2.23. The third kappa shape index (κ3) is 4.28. The second-order valence-electron chi connectivity index (χ2n) is 3.81. The van der Waals surface area contributed by atoms with Crippen molar-refractivity contribution in [3.8, 4) is 0 Å². The van der Waals surface area contributed by atoms with Crippen LogP contribution >= 0.6 is 11.8 Å². The predicted molar refractivity (Wildman–Crippen MR) is 61.6 cm³/mol. The largest absolute Gasteiger partial charge is 0.479 e. The minimum atomic E-state index is -5.08. The van der Waals surface area contributed by atoms with Crippen LogP contribution in [0, 0.1) is 0 Å². The number of amides is 2. The van der Waals surface area contributed by atoms with E-state index in [1.165, 1.54) is 17.1 Å². The molecule has 0 aromatic heterocycles. The Balaban J connectivity index is 4.63. The van der Waals surface area contributed by atoms with E-state index in [1.54, 1.807) is 13.2 Å². The Hall–Kier alpha value is -1.12. The number of carbonyl (C=O) groups excluding carboxylic acids is 1. The summed E-state index contributed by atoms with van der Waals surface area (Å²) in [6, 6.07) is -1.17. The molecule has 2 atom stereocenters. The number of urea groups is 1. The highest BCUT2D eigenvalue weighted by molar-refractivity contribution is 7.99. The first kappa shape index (κ1) is 16.9. The molecule has 0 rings (SSSR count). The molecule has 0 saturated carbocycles. The number of carboxylic acid groups (broad SMARTS) is 1. The Morgan fingerprint density at radius 3 is 2.22 bits per heavy atom. The lowest BCUT2D eigenvalue weighted by Crippen LogP contribution is -2.63. The van der Waals surface area contributed by atoms with Gasteiger partial charge in [0.2, 0.25) is 5.54 Å². The van der Waals surface area contributed by atoms with Crippen molar-refractivity contribution in [2.24, 2.45) is 0 Å². The van der Waals surface area contributed by atoms with E-state index in [0.717, 1.165) is 0 Å². The molecule has 9 heteroatoms. The van der Waals surface area contributed by atoms with E-state index in [1.807, 2.05) is 0 Å². The molecule has 18 heavy (non-hydrogen) atoms. The van der Waals surface area contributed by atoms with Crippen LogP contribution in [0.2, 0.25) is 0 Å². The van der Waals surface area contributed by atoms with Crippen LogP contribution in [-0.4, -0.2) is 46.9 Å². The first-order valence-electron chi connectivity index (χ1n) is 4.93. The minimum Gasteiger partial charge on any atom is -0.479 e. The van der Waals surface area contributed by atoms with Gasteiger partial charge in [0.25, 0.3) is 0 Å². The molecule has 5 nitrogen and oxygen atoms in total. The molecule has 0 aliphatic carbocycles. The van der Waals surface area contributed by atoms with Gasteiger partial charge in [0.1, 0.15) is 0 Å². The van der Waals surface area contributed by atoms with Gasteiger partial charge in [-0.3, -0.25) is 0 Å². The fourth-order valence-electron chi connectivity index (χ4n) is 0.837. The molecule has 106 valence electrons. The average molecular weight is 288 g/mol. The van der Waals surface area contributed by atoms with Crippen LogP contribution < -0.4 is 10.6 Å². The second kappa shape index (κ2) is 6.17. The maximum absolute atomic E-state index is 12.6. The predicted octanol–water partition coefficient (Wildman–Crippen LogP) is 1.44. The smallest absolute Gasteiger partial charge is 0.422 e. The van der Waals surface area contributed by atoms with Gasteiger partial charge in [-0.25, -0.2) is 9.59 Å². The van der Waals surface area contributed by atoms with Crippen molar-refractivity contribution in [1.82, 2.24) is 10.6 Å². The first-order chi connectivity index (χ1) is 8.04. The van der Waals surface area contributed by atoms with Crippen molar-refractivity contribution >= 4 is 23.8 Å². The van der Waals surface area contributed by atoms with Gasteiger partial charge in [0.15, 0.2) is 0 Å². The third-order valence-electron chi connectivity index (χ3n) is 2.31. The van der Waals surface area contributed by atoms with Crippen molar-refractivity contribution in [1.29, 1.82) is 0 Å². The molecule has 2 unspecified atom stereocenters. The molecule has 0 heterocycles. The molecule has 0 fully saturated rings. The highest BCUT2D eigenvalue weighted by Gasteiger charge is 2.58. The van der Waals surface area contributed by atoms with Crippen LogP contribution in [0.3, 0.4) is 0 Å². The summed E-state index contributed by atoms with van der Waals surface area (Å²) in [5.41, 5.74) is -3.31. The maximum atomic E-state index is 12.6. The number of aliphatic carboxylic acids is 1. The summed E-state index contributed by atoms with van der Waals surface area (Å²) in [7, 11) is 0. The van der Waals surface area contributed by atoms with Crippen molar-refractivity contribution in [2.75, 3.05) is 12.8 Å². The van der Waals surface area contributed by atoms with Crippen molar-refractivity contribution in [3.05, 3.63) is 0 Å². The topological polar surface area (TPSA) is 78.4 Å². The lowest BCUT2D eigenvalue weighted by atomic mass is 10.0. The number of nitrogens with one attached hydrogen (secondary N) is 2. The molecular weight excluding hydrogens is 273 g/mol. The van der Waals surface area contributed by atoms with Crippen LogP contribution in [0.1, 0.15) is 13.8 Å². The summed E-state index contributed by atoms with van der Waals surface area (Å²) in [4.78, 5) is 21.9. The zero-order chi connectivity index (χ0) is 14.6. The molecule has 0 aromatic rings. The summed E-state index contributed by atoms with van der Waals surface area (Å²) >= 11 is 1.42. The standard InChI is InChI=1S/C9H15F3N2O3S/c1-5(18-3)4-13-7(17)14-8(2,6(15)16)9(10,11)12/h5H,4H2,1-3H3,(H,15,16)(H2,13,14,17). The number of halogens is 3. The van der Waals surface area contributed by atoms with Crippen LogP contribution in [0.15, 0.2) is 0 Å². The Morgan fingerprint density at radius 1 is 1.39 bits per heavy atom. The van der Waals surface area contributed by atoms with Gasteiger partial charge in [-0.2, -0.15) is 24.9 Å². The van der Waals surface area contributed by atoms with E-state index < -0.39 is 23.7 Å². The van der Waals surface area contributed by atoms with Gasteiger partial charge in [0, 0.05) is 11.8 Å². The zero-order valence-electron chi connectivity index (χ0n) is 10.1. The number of carboxylic acids is 1. The van der Waals surface area contributed by atoms with Gasteiger partial charge < -0.3 is 15.7 Å². The van der Waals surface area contributed by atoms with Crippen molar-refractivity contribution < 1.29 is 27.9 Å². The van der Waals surface area contributed by atoms with Crippen LogP contribution in [0.5, 0.6) is 0 Å². The number of hydrogen-bond acceptors (Lipinski definition) is 3. The number of hydrogen-bond donors (Lipinski definition) is 3. The van der Waals surface area contributed by atoms with Gasteiger partial charge in [-0.05, 0) is 13.2 Å². The van der Waals surface area contributed by atoms with E-state index in [2.05, 4.69) is 5.32 Å². The highest BCUT2D eigenvalue weighted by Crippen LogP contribution is 2.30. The molecule has 0 aromatic carbocycles. The van der Waals surface area contributed by atoms with E-state index in [4.69, 9.17) is 5.11 Å². The molecule has 0 spiro atoms. The summed E-state index contributed by atoms with van der Waals surface area (Å²) in [6.45, 7) is 2.30. The van der Waals surface area contributed by atoms with E-state index >= 15 is 0 Å². The molecule has 3 N–H and O–H groups in total. The quantitative estimate of drug-likeness (QED) is 0.715. The molecule has 0 aliphatic heterocycles. The fraction of sp³-hybridized carbons (Fsp3) is 0.778. The number of thioether (sulfide) groups is 1. The summed E-state index contributed by atoms with van der Waals surface area (Å²) in [6.07, 6.45) is -3.30. The Kier molecular flexibility index (Phi) is 5.78. The molecule has 0 saturated heterocycles. The van der Waals surface area contributed by atoms with Crippen LogP contribution in [-0.2, 0) is 4.79 Å². The number of carbonyl (C=O) groups is 2. The number of rotatable bonds is 5. The molecule has 0 radical (unpaired) electrons. The molecule has 0 bridgehead atoms.